The Kier molecular flexibility index (Phi) is 5.58. The highest BCUT2D eigenvalue weighted by atomic mass is 16.5. The van der Waals surface area contributed by atoms with Gasteiger partial charge in [-0.1, -0.05) is 25.0 Å². The first kappa shape index (κ1) is 19.1. The molecule has 2 unspecified atom stereocenters. The molecule has 1 saturated heterocycles. The van der Waals surface area contributed by atoms with Crippen LogP contribution in [0.2, 0.25) is 0 Å². The lowest BCUT2D eigenvalue weighted by molar-refractivity contribution is -0.159. The predicted octanol–water partition coefficient (Wildman–Crippen LogP) is 2.08. The number of carbonyl (C=O) groups is 4. The lowest BCUT2D eigenvalue weighted by Gasteiger charge is -2.21. The van der Waals surface area contributed by atoms with Gasteiger partial charge in [0.25, 0.3) is 0 Å². The molecule has 0 bridgehead atoms. The number of amides is 2. The van der Waals surface area contributed by atoms with Crippen LogP contribution in [0.4, 0.5) is 0 Å². The first-order chi connectivity index (χ1) is 12.9. The van der Waals surface area contributed by atoms with Crippen LogP contribution in [-0.4, -0.2) is 41.8 Å². The molecule has 7 nitrogen and oxygen atoms in total. The first-order valence-electron chi connectivity index (χ1n) is 9.15. The molecule has 0 spiro atoms. The smallest absolute Gasteiger partial charge is 0.337 e. The number of benzene rings is 1. The number of carbonyl (C=O) groups excluding carboxylic acids is 4. The number of imide groups is 1. The van der Waals surface area contributed by atoms with Crippen molar-refractivity contribution in [3.05, 3.63) is 35.4 Å². The Hall–Kier alpha value is -2.70. The summed E-state index contributed by atoms with van der Waals surface area (Å²) in [6.07, 6.45) is 3.29. The van der Waals surface area contributed by atoms with E-state index in [9.17, 15) is 19.2 Å². The van der Waals surface area contributed by atoms with E-state index in [0.717, 1.165) is 17.7 Å². The van der Waals surface area contributed by atoms with Crippen LogP contribution in [0.3, 0.4) is 0 Å². The molecule has 1 aliphatic carbocycles. The van der Waals surface area contributed by atoms with E-state index in [4.69, 9.17) is 4.74 Å². The van der Waals surface area contributed by atoms with E-state index in [0.29, 0.717) is 24.0 Å². The van der Waals surface area contributed by atoms with Crippen molar-refractivity contribution in [2.24, 2.45) is 11.8 Å². The Morgan fingerprint density at radius 1 is 1.07 bits per heavy atom. The molecule has 1 aromatic carbocycles. The van der Waals surface area contributed by atoms with E-state index in [2.05, 4.69) is 4.74 Å². The number of nitrogens with zero attached hydrogens (tertiary/aromatic N) is 1. The van der Waals surface area contributed by atoms with E-state index >= 15 is 0 Å². The second-order valence-corrected chi connectivity index (χ2v) is 7.02. The van der Waals surface area contributed by atoms with Crippen molar-refractivity contribution >= 4 is 23.8 Å². The summed E-state index contributed by atoms with van der Waals surface area (Å²) in [5.41, 5.74) is 1.09. The van der Waals surface area contributed by atoms with E-state index in [1.807, 2.05) is 0 Å². The van der Waals surface area contributed by atoms with Crippen LogP contribution >= 0.6 is 0 Å². The summed E-state index contributed by atoms with van der Waals surface area (Å²) in [5, 5.41) is 0. The number of likely N-dealkylation sites (tertiary alicyclic amines) is 1. The summed E-state index contributed by atoms with van der Waals surface area (Å²) < 4.78 is 9.91. The molecule has 3 atom stereocenters. The standard InChI is InChI=1S/C20H23NO6/c1-12(21-17(22)15-5-3-4-6-16(15)18(21)23)19(24)27-11-13-7-9-14(10-8-13)20(25)26-2/h7-10,12,15-16H,3-6,11H2,1-2H3/t12-,15?,16?/m0/s1. The zero-order chi connectivity index (χ0) is 19.6. The minimum Gasteiger partial charge on any atom is -0.465 e. The van der Waals surface area contributed by atoms with Gasteiger partial charge in [0.2, 0.25) is 11.8 Å². The molecule has 1 saturated carbocycles. The monoisotopic (exact) mass is 373 g/mol. The lowest BCUT2D eigenvalue weighted by Crippen LogP contribution is -2.44. The molecule has 144 valence electrons. The maximum absolute atomic E-state index is 12.6. The molecule has 2 fully saturated rings. The summed E-state index contributed by atoms with van der Waals surface area (Å²) in [5.74, 6) is -2.14. The maximum atomic E-state index is 12.6. The molecule has 27 heavy (non-hydrogen) atoms. The minimum atomic E-state index is -0.940. The number of hydrogen-bond acceptors (Lipinski definition) is 6. The molecule has 0 radical (unpaired) electrons. The number of esters is 2. The predicted molar refractivity (Wildman–Crippen MR) is 94.3 cm³/mol. The van der Waals surface area contributed by atoms with Crippen molar-refractivity contribution in [3.8, 4) is 0 Å². The van der Waals surface area contributed by atoms with E-state index in [-0.39, 0.29) is 30.3 Å². The number of fused-ring (bicyclic) bond motifs is 1. The Morgan fingerprint density at radius 3 is 2.15 bits per heavy atom. The van der Waals surface area contributed by atoms with Crippen LogP contribution in [0.5, 0.6) is 0 Å². The average Bonchev–Trinajstić information content (AvgIpc) is 2.96. The van der Waals surface area contributed by atoms with Crippen molar-refractivity contribution in [2.45, 2.75) is 45.3 Å². The number of ether oxygens (including phenoxy) is 2. The molecule has 7 heteroatoms. The van der Waals surface area contributed by atoms with Crippen molar-refractivity contribution in [1.29, 1.82) is 0 Å². The highest BCUT2D eigenvalue weighted by molar-refractivity contribution is 6.07. The molecule has 0 aromatic heterocycles. The Labute approximate surface area is 157 Å². The highest BCUT2D eigenvalue weighted by Crippen LogP contribution is 2.38. The van der Waals surface area contributed by atoms with Crippen molar-refractivity contribution in [1.82, 2.24) is 4.90 Å². The SMILES string of the molecule is COC(=O)c1ccc(COC(=O)[C@H](C)N2C(=O)C3CCCCC3C2=O)cc1. The molecule has 1 aliphatic heterocycles. The van der Waals surface area contributed by atoms with Crippen LogP contribution < -0.4 is 0 Å². The molecular weight excluding hydrogens is 350 g/mol. The number of methoxy groups -OCH3 is 1. The molecule has 2 aliphatic rings. The van der Waals surface area contributed by atoms with Gasteiger partial charge in [0, 0.05) is 0 Å². The zero-order valence-corrected chi connectivity index (χ0v) is 15.5. The normalized spacial score (nSPS) is 23.0. The summed E-state index contributed by atoms with van der Waals surface area (Å²) >= 11 is 0. The molecule has 2 amide bonds. The largest absolute Gasteiger partial charge is 0.465 e. The van der Waals surface area contributed by atoms with Gasteiger partial charge in [-0.15, -0.1) is 0 Å². The molecule has 1 aromatic rings. The molecular formula is C20H23NO6. The highest BCUT2D eigenvalue weighted by Gasteiger charge is 2.51. The van der Waals surface area contributed by atoms with Gasteiger partial charge in [0.05, 0.1) is 24.5 Å². The quantitative estimate of drug-likeness (QED) is 0.580. The van der Waals surface area contributed by atoms with Crippen molar-refractivity contribution in [3.63, 3.8) is 0 Å². The van der Waals surface area contributed by atoms with E-state index in [1.54, 1.807) is 24.3 Å². The van der Waals surface area contributed by atoms with Gasteiger partial charge in [-0.2, -0.15) is 0 Å². The first-order valence-corrected chi connectivity index (χ1v) is 9.15. The van der Waals surface area contributed by atoms with Gasteiger partial charge >= 0.3 is 11.9 Å². The van der Waals surface area contributed by atoms with Crippen molar-refractivity contribution < 1.29 is 28.7 Å². The number of rotatable bonds is 5. The van der Waals surface area contributed by atoms with Crippen molar-refractivity contribution in [2.75, 3.05) is 7.11 Å². The molecule has 0 N–H and O–H groups in total. The van der Waals surface area contributed by atoms with Crippen LogP contribution in [-0.2, 0) is 30.5 Å². The fraction of sp³-hybridized carbons (Fsp3) is 0.500. The fourth-order valence-electron chi connectivity index (χ4n) is 3.81. The zero-order valence-electron chi connectivity index (χ0n) is 15.5. The number of hydrogen-bond donors (Lipinski definition) is 0. The second-order valence-electron chi connectivity index (χ2n) is 7.02. The maximum Gasteiger partial charge on any atom is 0.337 e. The third-order valence-electron chi connectivity index (χ3n) is 5.36. The van der Waals surface area contributed by atoms with Gasteiger partial charge in [0.15, 0.2) is 0 Å². The third kappa shape index (κ3) is 3.72. The Balaban J connectivity index is 1.60. The van der Waals surface area contributed by atoms with Gasteiger partial charge in [0.1, 0.15) is 12.6 Å². The fourth-order valence-corrected chi connectivity index (χ4v) is 3.81. The second kappa shape index (κ2) is 7.90. The topological polar surface area (TPSA) is 90.0 Å². The van der Waals surface area contributed by atoms with Crippen LogP contribution in [0.25, 0.3) is 0 Å². The summed E-state index contributed by atoms with van der Waals surface area (Å²) in [6.45, 7) is 1.52. The van der Waals surface area contributed by atoms with Gasteiger partial charge < -0.3 is 9.47 Å². The Bertz CT molecular complexity index is 732. The minimum absolute atomic E-state index is 0.00625. The van der Waals surface area contributed by atoms with E-state index < -0.39 is 18.0 Å². The summed E-state index contributed by atoms with van der Waals surface area (Å²) in [4.78, 5) is 50.0. The summed E-state index contributed by atoms with van der Waals surface area (Å²) in [7, 11) is 1.30. The van der Waals surface area contributed by atoms with E-state index in [1.165, 1.54) is 14.0 Å². The van der Waals surface area contributed by atoms with Gasteiger partial charge in [-0.05, 0) is 37.5 Å². The van der Waals surface area contributed by atoms with Gasteiger partial charge in [-0.25, -0.2) is 9.59 Å². The van der Waals surface area contributed by atoms with Crippen LogP contribution in [0, 0.1) is 11.8 Å². The average molecular weight is 373 g/mol. The van der Waals surface area contributed by atoms with Crippen LogP contribution in [0.1, 0.15) is 48.5 Å². The molecule has 1 heterocycles. The van der Waals surface area contributed by atoms with Crippen LogP contribution in [0.15, 0.2) is 24.3 Å². The molecule has 3 rings (SSSR count). The lowest BCUT2D eigenvalue weighted by atomic mass is 9.81. The third-order valence-corrected chi connectivity index (χ3v) is 5.36. The Morgan fingerprint density at radius 2 is 1.63 bits per heavy atom. The summed E-state index contributed by atoms with van der Waals surface area (Å²) in [6, 6.07) is 5.54. The van der Waals surface area contributed by atoms with Gasteiger partial charge in [-0.3, -0.25) is 14.5 Å².